The predicted octanol–water partition coefficient (Wildman–Crippen LogP) is 3.29. The van der Waals surface area contributed by atoms with Crippen molar-refractivity contribution in [1.29, 1.82) is 0 Å². The van der Waals surface area contributed by atoms with Crippen LogP contribution in [0.25, 0.3) is 0 Å². The molecule has 1 aliphatic heterocycles. The molecule has 2 N–H and O–H groups in total. The number of piperidine rings is 1. The lowest BCUT2D eigenvalue weighted by molar-refractivity contribution is 0.0625. The first kappa shape index (κ1) is 13.9. The number of anilines is 1. The third-order valence-corrected chi connectivity index (χ3v) is 3.73. The molecular weight excluding hydrogens is 238 g/mol. The van der Waals surface area contributed by atoms with Crippen LogP contribution in [0, 0.1) is 6.92 Å². The van der Waals surface area contributed by atoms with Crippen molar-refractivity contribution in [3.05, 3.63) is 29.8 Å². The Morgan fingerprint density at radius 3 is 2.32 bits per heavy atom. The number of benzene rings is 1. The zero-order valence-electron chi connectivity index (χ0n) is 11.9. The van der Waals surface area contributed by atoms with E-state index in [4.69, 9.17) is 0 Å². The third-order valence-electron chi connectivity index (χ3n) is 3.73. The van der Waals surface area contributed by atoms with Crippen molar-refractivity contribution in [2.45, 2.75) is 52.1 Å². The van der Waals surface area contributed by atoms with Crippen molar-refractivity contribution < 1.29 is 4.79 Å². The van der Waals surface area contributed by atoms with Crippen LogP contribution in [0.2, 0.25) is 0 Å². The van der Waals surface area contributed by atoms with Crippen molar-refractivity contribution in [3.63, 3.8) is 0 Å². The van der Waals surface area contributed by atoms with E-state index < -0.39 is 0 Å². The number of amides is 2. The quantitative estimate of drug-likeness (QED) is 0.858. The molecule has 104 valence electrons. The Morgan fingerprint density at radius 1 is 1.16 bits per heavy atom. The fraction of sp³-hybridized carbons (Fsp3) is 0.533. The zero-order valence-corrected chi connectivity index (χ0v) is 11.9. The summed E-state index contributed by atoms with van der Waals surface area (Å²) in [6, 6.07) is 8.43. The summed E-state index contributed by atoms with van der Waals surface area (Å²) in [5.74, 6) is 0. The smallest absolute Gasteiger partial charge is 0.307 e. The summed E-state index contributed by atoms with van der Waals surface area (Å²) in [7, 11) is 0. The Bertz CT molecular complexity index is 420. The van der Waals surface area contributed by atoms with Crippen LogP contribution in [-0.4, -0.2) is 23.1 Å². The minimum absolute atomic E-state index is 0.163. The minimum atomic E-state index is -0.163. The maximum absolute atomic E-state index is 12.0. The van der Waals surface area contributed by atoms with Gasteiger partial charge >= 0.3 is 6.03 Å². The second-order valence-corrected chi connectivity index (χ2v) is 5.47. The van der Waals surface area contributed by atoms with Crippen molar-refractivity contribution in [2.24, 2.45) is 0 Å². The predicted molar refractivity (Wildman–Crippen MR) is 77.9 cm³/mol. The molecule has 2 amide bonds. The van der Waals surface area contributed by atoms with Gasteiger partial charge in [-0.05, 0) is 45.7 Å². The van der Waals surface area contributed by atoms with Gasteiger partial charge in [-0.15, -0.1) is 0 Å². The maximum Gasteiger partial charge on any atom is 0.333 e. The van der Waals surface area contributed by atoms with E-state index in [1.807, 2.05) is 31.2 Å². The second-order valence-electron chi connectivity index (χ2n) is 5.47. The maximum atomic E-state index is 12.0. The average molecular weight is 261 g/mol. The Labute approximate surface area is 115 Å². The van der Waals surface area contributed by atoms with Crippen molar-refractivity contribution in [1.82, 2.24) is 10.4 Å². The fourth-order valence-corrected chi connectivity index (χ4v) is 2.55. The van der Waals surface area contributed by atoms with E-state index in [2.05, 4.69) is 29.6 Å². The zero-order chi connectivity index (χ0) is 13.8. The molecule has 0 aliphatic carbocycles. The standard InChI is InChI=1S/C15H23N3O/c1-11-7-9-14(10-8-11)16-15(19)17-18-12(2)5-4-6-13(18)3/h7-10,12-13H,4-6H2,1-3H3,(H2,16,17,19)/t12-,13-/m1/s1. The largest absolute Gasteiger partial charge is 0.333 e. The summed E-state index contributed by atoms with van der Waals surface area (Å²) in [5.41, 5.74) is 4.97. The summed E-state index contributed by atoms with van der Waals surface area (Å²) in [5, 5.41) is 4.93. The number of carbonyl (C=O) groups excluding carboxylic acids is 1. The number of aryl methyl sites for hydroxylation is 1. The highest BCUT2D eigenvalue weighted by atomic mass is 16.2. The molecular formula is C15H23N3O. The van der Waals surface area contributed by atoms with Gasteiger partial charge in [-0.25, -0.2) is 9.80 Å². The van der Waals surface area contributed by atoms with Gasteiger partial charge < -0.3 is 5.32 Å². The van der Waals surface area contributed by atoms with Gasteiger partial charge in [-0.3, -0.25) is 5.43 Å². The molecule has 0 aromatic heterocycles. The first-order valence-electron chi connectivity index (χ1n) is 6.99. The Kier molecular flexibility index (Phi) is 4.43. The molecule has 4 heteroatoms. The number of carbonyl (C=O) groups is 1. The SMILES string of the molecule is Cc1ccc(NC(=O)NN2[C@H](C)CCC[C@H]2C)cc1. The lowest BCUT2D eigenvalue weighted by Gasteiger charge is -2.38. The minimum Gasteiger partial charge on any atom is -0.307 e. The van der Waals surface area contributed by atoms with Crippen LogP contribution >= 0.6 is 0 Å². The monoisotopic (exact) mass is 261 g/mol. The van der Waals surface area contributed by atoms with Gasteiger partial charge in [0.05, 0.1) is 0 Å². The topological polar surface area (TPSA) is 44.4 Å². The number of nitrogens with zero attached hydrogens (tertiary/aromatic N) is 1. The van der Waals surface area contributed by atoms with Crippen molar-refractivity contribution in [3.8, 4) is 0 Å². The molecule has 2 rings (SSSR count). The third kappa shape index (κ3) is 3.70. The van der Waals surface area contributed by atoms with Crippen molar-refractivity contribution in [2.75, 3.05) is 5.32 Å². The number of rotatable bonds is 2. The van der Waals surface area contributed by atoms with Gasteiger partial charge in [0.25, 0.3) is 0 Å². The molecule has 2 atom stereocenters. The van der Waals surface area contributed by atoms with Crippen LogP contribution in [-0.2, 0) is 0 Å². The average Bonchev–Trinajstić information content (AvgIpc) is 2.37. The molecule has 1 aliphatic rings. The number of urea groups is 1. The first-order chi connectivity index (χ1) is 9.06. The molecule has 4 nitrogen and oxygen atoms in total. The van der Waals surface area contributed by atoms with E-state index in [1.165, 1.54) is 12.0 Å². The highest BCUT2D eigenvalue weighted by molar-refractivity contribution is 5.88. The highest BCUT2D eigenvalue weighted by Gasteiger charge is 2.25. The Morgan fingerprint density at radius 2 is 1.74 bits per heavy atom. The van der Waals surface area contributed by atoms with Gasteiger partial charge in [-0.2, -0.15) is 0 Å². The van der Waals surface area contributed by atoms with Gasteiger partial charge in [0.1, 0.15) is 0 Å². The van der Waals surface area contributed by atoms with E-state index in [9.17, 15) is 4.79 Å². The molecule has 1 saturated heterocycles. The highest BCUT2D eigenvalue weighted by Crippen LogP contribution is 2.20. The van der Waals surface area contributed by atoms with Crippen molar-refractivity contribution >= 4 is 11.7 Å². The molecule has 1 fully saturated rings. The normalized spacial score (nSPS) is 23.9. The van der Waals surface area contributed by atoms with E-state index in [0.717, 1.165) is 18.5 Å². The van der Waals surface area contributed by atoms with Gasteiger partial charge in [0.2, 0.25) is 0 Å². The van der Waals surface area contributed by atoms with Crippen LogP contribution in [0.4, 0.5) is 10.5 Å². The lowest BCUT2D eigenvalue weighted by Crippen LogP contribution is -2.55. The summed E-state index contributed by atoms with van der Waals surface area (Å²) in [4.78, 5) is 12.0. The van der Waals surface area contributed by atoms with Gasteiger partial charge in [0, 0.05) is 17.8 Å². The molecule has 1 heterocycles. The fourth-order valence-electron chi connectivity index (χ4n) is 2.55. The molecule has 0 radical (unpaired) electrons. The molecule has 1 aromatic carbocycles. The van der Waals surface area contributed by atoms with Gasteiger partial charge in [0.15, 0.2) is 0 Å². The lowest BCUT2D eigenvalue weighted by atomic mass is 10.00. The van der Waals surface area contributed by atoms with E-state index in [0.29, 0.717) is 12.1 Å². The molecule has 0 bridgehead atoms. The summed E-state index contributed by atoms with van der Waals surface area (Å²) in [6.07, 6.45) is 3.50. The summed E-state index contributed by atoms with van der Waals surface area (Å²) < 4.78 is 0. The molecule has 0 unspecified atom stereocenters. The number of nitrogens with one attached hydrogen (secondary N) is 2. The molecule has 19 heavy (non-hydrogen) atoms. The van der Waals surface area contributed by atoms with Crippen LogP contribution in [0.15, 0.2) is 24.3 Å². The van der Waals surface area contributed by atoms with Crippen LogP contribution in [0.1, 0.15) is 38.7 Å². The first-order valence-corrected chi connectivity index (χ1v) is 6.99. The number of hydrogen-bond acceptors (Lipinski definition) is 2. The van der Waals surface area contributed by atoms with E-state index in [1.54, 1.807) is 0 Å². The summed E-state index contributed by atoms with van der Waals surface area (Å²) >= 11 is 0. The molecule has 0 spiro atoms. The number of hydrazine groups is 1. The van der Waals surface area contributed by atoms with Crippen LogP contribution in [0.5, 0.6) is 0 Å². The molecule has 0 saturated carbocycles. The van der Waals surface area contributed by atoms with Crippen LogP contribution in [0.3, 0.4) is 0 Å². The van der Waals surface area contributed by atoms with E-state index >= 15 is 0 Å². The molecule has 1 aromatic rings. The Balaban J connectivity index is 1.91. The van der Waals surface area contributed by atoms with Crippen LogP contribution < -0.4 is 10.7 Å². The summed E-state index contributed by atoms with van der Waals surface area (Å²) in [6.45, 7) is 6.34. The van der Waals surface area contributed by atoms with E-state index in [-0.39, 0.29) is 6.03 Å². The number of hydrogen-bond donors (Lipinski definition) is 2. The second kappa shape index (κ2) is 6.06. The Hall–Kier alpha value is -1.55. The van der Waals surface area contributed by atoms with Gasteiger partial charge in [-0.1, -0.05) is 24.1 Å².